The first-order valence-corrected chi connectivity index (χ1v) is 5.77. The fourth-order valence-electron chi connectivity index (χ4n) is 2.02. The van der Waals surface area contributed by atoms with Crippen LogP contribution < -0.4 is 5.32 Å². The molecule has 1 heterocycles. The Morgan fingerprint density at radius 3 is 2.87 bits per heavy atom. The molecule has 0 amide bonds. The molecule has 1 atom stereocenters. The largest absolute Gasteiger partial charge is 0.384 e. The summed E-state index contributed by atoms with van der Waals surface area (Å²) < 4.78 is 10.1. The summed E-state index contributed by atoms with van der Waals surface area (Å²) >= 11 is 0. The molecule has 0 aromatic carbocycles. The van der Waals surface area contributed by atoms with Crippen molar-refractivity contribution in [3.63, 3.8) is 0 Å². The van der Waals surface area contributed by atoms with E-state index in [1.165, 1.54) is 19.5 Å². The quantitative estimate of drug-likeness (QED) is 0.587. The summed E-state index contributed by atoms with van der Waals surface area (Å²) in [6, 6.07) is 0. The third kappa shape index (κ3) is 5.47. The summed E-state index contributed by atoms with van der Waals surface area (Å²) in [6.07, 6.45) is 1.28. The molecule has 15 heavy (non-hydrogen) atoms. The van der Waals surface area contributed by atoms with E-state index in [0.29, 0.717) is 0 Å². The zero-order chi connectivity index (χ0) is 10.9. The van der Waals surface area contributed by atoms with Crippen LogP contribution >= 0.6 is 0 Å². The molecule has 1 fully saturated rings. The van der Waals surface area contributed by atoms with Gasteiger partial charge in [0.15, 0.2) is 0 Å². The van der Waals surface area contributed by atoms with Crippen LogP contribution in [0.3, 0.4) is 0 Å². The van der Waals surface area contributed by atoms with Gasteiger partial charge in [0.2, 0.25) is 0 Å². The Morgan fingerprint density at radius 1 is 1.27 bits per heavy atom. The molecule has 0 aromatic heterocycles. The molecule has 0 aromatic rings. The number of nitrogens with zero attached hydrogens (tertiary/aromatic N) is 1. The van der Waals surface area contributed by atoms with Gasteiger partial charge in [-0.3, -0.25) is 0 Å². The lowest BCUT2D eigenvalue weighted by Gasteiger charge is -2.16. The van der Waals surface area contributed by atoms with Crippen molar-refractivity contribution in [3.8, 4) is 0 Å². The van der Waals surface area contributed by atoms with Gasteiger partial charge in [0.05, 0.1) is 13.2 Å². The van der Waals surface area contributed by atoms with Crippen LogP contribution in [0.5, 0.6) is 0 Å². The van der Waals surface area contributed by atoms with Gasteiger partial charge in [0.25, 0.3) is 0 Å². The molecule has 0 bridgehead atoms. The van der Waals surface area contributed by atoms with E-state index in [2.05, 4.69) is 10.2 Å². The highest BCUT2D eigenvalue weighted by Gasteiger charge is 2.21. The zero-order valence-electron chi connectivity index (χ0n) is 10.00. The van der Waals surface area contributed by atoms with Crippen LogP contribution in [0.2, 0.25) is 0 Å². The van der Waals surface area contributed by atoms with Crippen molar-refractivity contribution in [2.24, 2.45) is 5.92 Å². The normalized spacial score (nSPS) is 22.4. The Labute approximate surface area is 92.9 Å². The molecule has 1 N–H and O–H groups in total. The third-order valence-electron chi connectivity index (χ3n) is 2.86. The highest BCUT2D eigenvalue weighted by Crippen LogP contribution is 2.15. The number of nitrogens with one attached hydrogen (secondary N) is 1. The number of hydrogen-bond donors (Lipinski definition) is 1. The zero-order valence-corrected chi connectivity index (χ0v) is 10.00. The van der Waals surface area contributed by atoms with E-state index in [9.17, 15) is 0 Å². The summed E-state index contributed by atoms with van der Waals surface area (Å²) in [7, 11) is 3.52. The van der Waals surface area contributed by atoms with Gasteiger partial charge in [-0.25, -0.2) is 0 Å². The number of methoxy groups -OCH3 is 2. The van der Waals surface area contributed by atoms with Crippen molar-refractivity contribution in [3.05, 3.63) is 0 Å². The van der Waals surface area contributed by atoms with Crippen LogP contribution in [0.4, 0.5) is 0 Å². The molecule has 1 saturated heterocycles. The molecule has 4 nitrogen and oxygen atoms in total. The lowest BCUT2D eigenvalue weighted by molar-refractivity contribution is 0.153. The second-order valence-corrected chi connectivity index (χ2v) is 4.15. The minimum Gasteiger partial charge on any atom is -0.384 e. The van der Waals surface area contributed by atoms with Gasteiger partial charge >= 0.3 is 0 Å². The highest BCUT2D eigenvalue weighted by atomic mass is 16.5. The second kappa shape index (κ2) is 8.05. The maximum absolute atomic E-state index is 5.17. The van der Waals surface area contributed by atoms with Crippen LogP contribution in [0.1, 0.15) is 6.42 Å². The first-order chi connectivity index (χ1) is 7.36. The average molecular weight is 216 g/mol. The molecule has 1 aliphatic heterocycles. The minimum absolute atomic E-state index is 0.744. The molecular weight excluding hydrogens is 192 g/mol. The van der Waals surface area contributed by atoms with Gasteiger partial charge in [-0.2, -0.15) is 0 Å². The van der Waals surface area contributed by atoms with Crippen molar-refractivity contribution in [1.29, 1.82) is 0 Å². The number of rotatable bonds is 8. The first kappa shape index (κ1) is 12.9. The van der Waals surface area contributed by atoms with Crippen molar-refractivity contribution >= 4 is 0 Å². The first-order valence-electron chi connectivity index (χ1n) is 5.77. The number of ether oxygens (including phenoxy) is 2. The Hall–Kier alpha value is -0.160. The van der Waals surface area contributed by atoms with Gasteiger partial charge < -0.3 is 19.7 Å². The average Bonchev–Trinajstić information content (AvgIpc) is 2.66. The maximum atomic E-state index is 5.17. The Balaban J connectivity index is 1.94. The van der Waals surface area contributed by atoms with E-state index in [1.807, 2.05) is 0 Å². The van der Waals surface area contributed by atoms with Crippen LogP contribution in [0.15, 0.2) is 0 Å². The highest BCUT2D eigenvalue weighted by molar-refractivity contribution is 4.75. The Kier molecular flexibility index (Phi) is 6.92. The SMILES string of the molecule is COCCNCCN1CCC(COC)C1. The molecule has 90 valence electrons. The molecule has 4 heteroatoms. The fraction of sp³-hybridized carbons (Fsp3) is 1.00. The predicted molar refractivity (Wildman–Crippen MR) is 61.2 cm³/mol. The Bertz CT molecular complexity index is 156. The summed E-state index contributed by atoms with van der Waals surface area (Å²) in [4.78, 5) is 2.50. The van der Waals surface area contributed by atoms with Crippen molar-refractivity contribution in [1.82, 2.24) is 10.2 Å². The second-order valence-electron chi connectivity index (χ2n) is 4.15. The molecule has 1 unspecified atom stereocenters. The maximum Gasteiger partial charge on any atom is 0.0587 e. The van der Waals surface area contributed by atoms with Gasteiger partial charge in [-0.1, -0.05) is 0 Å². The lowest BCUT2D eigenvalue weighted by Crippen LogP contribution is -2.32. The number of hydrogen-bond acceptors (Lipinski definition) is 4. The van der Waals surface area contributed by atoms with Gasteiger partial charge in [0.1, 0.15) is 0 Å². The lowest BCUT2D eigenvalue weighted by atomic mass is 10.1. The van der Waals surface area contributed by atoms with E-state index in [1.54, 1.807) is 14.2 Å². The van der Waals surface area contributed by atoms with E-state index in [4.69, 9.17) is 9.47 Å². The third-order valence-corrected chi connectivity index (χ3v) is 2.86. The predicted octanol–water partition coefficient (Wildman–Crippen LogP) is 0.191. The van der Waals surface area contributed by atoms with Crippen molar-refractivity contribution in [2.75, 3.05) is 60.2 Å². The summed E-state index contributed by atoms with van der Waals surface area (Å²) in [5.74, 6) is 0.744. The van der Waals surface area contributed by atoms with E-state index >= 15 is 0 Å². The van der Waals surface area contributed by atoms with E-state index in [-0.39, 0.29) is 0 Å². The van der Waals surface area contributed by atoms with Crippen LogP contribution in [0.25, 0.3) is 0 Å². The van der Waals surface area contributed by atoms with Crippen LogP contribution in [0, 0.1) is 5.92 Å². The molecule has 0 saturated carbocycles. The molecule has 0 radical (unpaired) electrons. The smallest absolute Gasteiger partial charge is 0.0587 e. The minimum atomic E-state index is 0.744. The molecule has 0 spiro atoms. The van der Waals surface area contributed by atoms with E-state index in [0.717, 1.165) is 38.8 Å². The topological polar surface area (TPSA) is 33.7 Å². The summed E-state index contributed by atoms with van der Waals surface area (Å²) in [5.41, 5.74) is 0. The number of likely N-dealkylation sites (tertiary alicyclic amines) is 1. The van der Waals surface area contributed by atoms with Gasteiger partial charge in [-0.05, 0) is 18.9 Å². The van der Waals surface area contributed by atoms with Crippen molar-refractivity contribution in [2.45, 2.75) is 6.42 Å². The van der Waals surface area contributed by atoms with Crippen LogP contribution in [-0.2, 0) is 9.47 Å². The van der Waals surface area contributed by atoms with Crippen LogP contribution in [-0.4, -0.2) is 65.1 Å². The molecular formula is C11H24N2O2. The monoisotopic (exact) mass is 216 g/mol. The Morgan fingerprint density at radius 2 is 2.13 bits per heavy atom. The standard InChI is InChI=1S/C11H24N2O2/c1-14-8-5-12-4-7-13-6-3-11(9-13)10-15-2/h11-12H,3-10H2,1-2H3. The van der Waals surface area contributed by atoms with Gasteiger partial charge in [0, 0.05) is 40.4 Å². The summed E-state index contributed by atoms with van der Waals surface area (Å²) in [6.45, 7) is 7.28. The molecule has 0 aliphatic carbocycles. The molecule has 1 aliphatic rings. The van der Waals surface area contributed by atoms with Crippen molar-refractivity contribution < 1.29 is 9.47 Å². The van der Waals surface area contributed by atoms with E-state index < -0.39 is 0 Å². The van der Waals surface area contributed by atoms with Gasteiger partial charge in [-0.15, -0.1) is 0 Å². The summed E-state index contributed by atoms with van der Waals surface area (Å²) in [5, 5.41) is 3.36. The molecule has 1 rings (SSSR count). The fourth-order valence-corrected chi connectivity index (χ4v) is 2.02.